The van der Waals surface area contributed by atoms with Crippen molar-refractivity contribution in [1.82, 2.24) is 4.98 Å². The van der Waals surface area contributed by atoms with E-state index in [0.29, 0.717) is 22.9 Å². The van der Waals surface area contributed by atoms with Crippen molar-refractivity contribution < 1.29 is 14.3 Å². The number of aromatic nitrogens is 1. The van der Waals surface area contributed by atoms with E-state index in [-0.39, 0.29) is 12.7 Å². The zero-order chi connectivity index (χ0) is 15.1. The highest BCUT2D eigenvalue weighted by atomic mass is 16.7. The Hall–Kier alpha value is -2.95. The molecule has 1 aliphatic rings. The van der Waals surface area contributed by atoms with E-state index in [0.717, 1.165) is 16.5 Å². The van der Waals surface area contributed by atoms with Crippen molar-refractivity contribution in [2.45, 2.75) is 6.92 Å². The van der Waals surface area contributed by atoms with Gasteiger partial charge in [0.05, 0.1) is 0 Å². The minimum absolute atomic E-state index is 0.186. The number of carbonyl (C=O) groups excluding carboxylic acids is 1. The first-order valence-electron chi connectivity index (χ1n) is 7.00. The van der Waals surface area contributed by atoms with Crippen LogP contribution in [0.1, 0.15) is 16.1 Å². The molecule has 1 amide bonds. The van der Waals surface area contributed by atoms with Gasteiger partial charge >= 0.3 is 0 Å². The molecule has 5 nitrogen and oxygen atoms in total. The molecule has 0 radical (unpaired) electrons. The highest BCUT2D eigenvalue weighted by Crippen LogP contribution is 2.34. The molecule has 0 saturated carbocycles. The molecule has 1 aromatic heterocycles. The van der Waals surface area contributed by atoms with Crippen LogP contribution in [0, 0.1) is 6.92 Å². The molecule has 0 unspecified atom stereocenters. The van der Waals surface area contributed by atoms with Crippen molar-refractivity contribution in [2.75, 3.05) is 12.1 Å². The van der Waals surface area contributed by atoms with Crippen molar-refractivity contribution in [1.29, 1.82) is 0 Å². The van der Waals surface area contributed by atoms with Crippen molar-refractivity contribution in [3.63, 3.8) is 0 Å². The Kier molecular flexibility index (Phi) is 2.79. The average Bonchev–Trinajstić information content (AvgIpc) is 3.13. The van der Waals surface area contributed by atoms with Crippen LogP contribution in [0.15, 0.2) is 42.5 Å². The van der Waals surface area contributed by atoms with Gasteiger partial charge in [-0.2, -0.15) is 0 Å². The first-order valence-corrected chi connectivity index (χ1v) is 7.00. The molecule has 2 aromatic carbocycles. The molecule has 1 aliphatic heterocycles. The maximum atomic E-state index is 12.4. The van der Waals surface area contributed by atoms with Crippen LogP contribution in [-0.2, 0) is 0 Å². The minimum Gasteiger partial charge on any atom is -0.454 e. The lowest BCUT2D eigenvalue weighted by Gasteiger charge is -2.04. The van der Waals surface area contributed by atoms with Gasteiger partial charge in [-0.15, -0.1) is 0 Å². The van der Waals surface area contributed by atoms with Crippen molar-refractivity contribution in [3.8, 4) is 11.5 Å². The second-order valence-corrected chi connectivity index (χ2v) is 5.24. The first-order chi connectivity index (χ1) is 10.7. The van der Waals surface area contributed by atoms with Crippen LogP contribution in [0.5, 0.6) is 11.5 Å². The number of aromatic amines is 1. The topological polar surface area (TPSA) is 63.4 Å². The Morgan fingerprint density at radius 1 is 1.14 bits per heavy atom. The van der Waals surface area contributed by atoms with Crippen LogP contribution < -0.4 is 14.8 Å². The van der Waals surface area contributed by atoms with Crippen molar-refractivity contribution in [3.05, 3.63) is 53.7 Å². The fraction of sp³-hybridized carbons (Fsp3) is 0.118. The molecule has 0 saturated heterocycles. The molecule has 0 fully saturated rings. The van der Waals surface area contributed by atoms with Crippen LogP contribution in [0.25, 0.3) is 10.9 Å². The summed E-state index contributed by atoms with van der Waals surface area (Å²) in [5, 5.41) is 3.92. The van der Waals surface area contributed by atoms with Crippen LogP contribution in [0.4, 0.5) is 5.69 Å². The number of hydrogen-bond acceptors (Lipinski definition) is 3. The monoisotopic (exact) mass is 294 g/mol. The summed E-state index contributed by atoms with van der Waals surface area (Å²) in [7, 11) is 0. The van der Waals surface area contributed by atoms with E-state index in [9.17, 15) is 4.79 Å². The zero-order valence-electron chi connectivity index (χ0n) is 12.0. The SMILES string of the molecule is Cc1cccc2[nH]c(C(=O)Nc3ccc4c(c3)OCO4)cc12. The molecule has 0 bridgehead atoms. The van der Waals surface area contributed by atoms with E-state index < -0.39 is 0 Å². The number of H-pyrrole nitrogens is 1. The van der Waals surface area contributed by atoms with E-state index in [1.165, 1.54) is 0 Å². The van der Waals surface area contributed by atoms with Gasteiger partial charge in [-0.05, 0) is 36.8 Å². The molecule has 2 heterocycles. The van der Waals surface area contributed by atoms with Gasteiger partial charge in [-0.3, -0.25) is 4.79 Å². The van der Waals surface area contributed by atoms with Gasteiger partial charge in [0.25, 0.3) is 5.91 Å². The second-order valence-electron chi connectivity index (χ2n) is 5.24. The molecule has 110 valence electrons. The summed E-state index contributed by atoms with van der Waals surface area (Å²) in [6, 6.07) is 13.1. The van der Waals surface area contributed by atoms with Crippen molar-refractivity contribution in [2.24, 2.45) is 0 Å². The number of amides is 1. The zero-order valence-corrected chi connectivity index (χ0v) is 12.0. The third-order valence-electron chi connectivity index (χ3n) is 3.76. The Labute approximate surface area is 126 Å². The Balaban J connectivity index is 1.62. The number of fused-ring (bicyclic) bond motifs is 2. The van der Waals surface area contributed by atoms with Crippen LogP contribution in [0.2, 0.25) is 0 Å². The number of carbonyl (C=O) groups is 1. The number of hydrogen-bond donors (Lipinski definition) is 2. The number of anilines is 1. The summed E-state index contributed by atoms with van der Waals surface area (Å²) in [6.07, 6.45) is 0. The van der Waals surface area contributed by atoms with Crippen LogP contribution >= 0.6 is 0 Å². The lowest BCUT2D eigenvalue weighted by atomic mass is 10.1. The number of ether oxygens (including phenoxy) is 2. The molecule has 22 heavy (non-hydrogen) atoms. The Morgan fingerprint density at radius 3 is 2.86 bits per heavy atom. The molecule has 5 heteroatoms. The van der Waals surface area contributed by atoms with Gasteiger partial charge < -0.3 is 19.8 Å². The summed E-state index contributed by atoms with van der Waals surface area (Å²) in [5.41, 5.74) is 3.29. The maximum Gasteiger partial charge on any atom is 0.272 e. The summed E-state index contributed by atoms with van der Waals surface area (Å²) in [5.74, 6) is 1.15. The predicted octanol–water partition coefficient (Wildman–Crippen LogP) is 3.46. The molecule has 0 aliphatic carbocycles. The summed E-state index contributed by atoms with van der Waals surface area (Å²) < 4.78 is 10.6. The molecule has 0 spiro atoms. The summed E-state index contributed by atoms with van der Waals surface area (Å²) >= 11 is 0. The number of aryl methyl sites for hydroxylation is 1. The van der Waals surface area contributed by atoms with Gasteiger partial charge in [0.2, 0.25) is 6.79 Å². The highest BCUT2D eigenvalue weighted by Gasteiger charge is 2.15. The van der Waals surface area contributed by atoms with Gasteiger partial charge in [-0.25, -0.2) is 0 Å². The quantitative estimate of drug-likeness (QED) is 0.761. The van der Waals surface area contributed by atoms with Crippen LogP contribution in [-0.4, -0.2) is 17.7 Å². The molecule has 3 aromatic rings. The smallest absolute Gasteiger partial charge is 0.272 e. The maximum absolute atomic E-state index is 12.4. The summed E-state index contributed by atoms with van der Waals surface area (Å²) in [6.45, 7) is 2.24. The van der Waals surface area contributed by atoms with E-state index in [1.807, 2.05) is 31.2 Å². The van der Waals surface area contributed by atoms with Gasteiger partial charge in [-0.1, -0.05) is 12.1 Å². The van der Waals surface area contributed by atoms with Crippen LogP contribution in [0.3, 0.4) is 0 Å². The number of nitrogens with one attached hydrogen (secondary N) is 2. The average molecular weight is 294 g/mol. The molecular formula is C17H14N2O3. The standard InChI is InChI=1S/C17H14N2O3/c1-10-3-2-4-13-12(10)8-14(19-13)17(20)18-11-5-6-15-16(7-11)22-9-21-15/h2-8,19H,9H2,1H3,(H,18,20). The second kappa shape index (κ2) is 4.80. The normalized spacial score (nSPS) is 12.6. The Morgan fingerprint density at radius 2 is 2.00 bits per heavy atom. The third-order valence-corrected chi connectivity index (χ3v) is 3.76. The van der Waals surface area contributed by atoms with E-state index in [2.05, 4.69) is 10.3 Å². The lowest BCUT2D eigenvalue weighted by Crippen LogP contribution is -2.12. The fourth-order valence-corrected chi connectivity index (χ4v) is 2.60. The molecule has 2 N–H and O–H groups in total. The lowest BCUT2D eigenvalue weighted by molar-refractivity contribution is 0.102. The van der Waals surface area contributed by atoms with Gasteiger partial charge in [0.15, 0.2) is 11.5 Å². The minimum atomic E-state index is -0.186. The largest absolute Gasteiger partial charge is 0.454 e. The molecule has 0 atom stereocenters. The van der Waals surface area contributed by atoms with E-state index in [1.54, 1.807) is 18.2 Å². The highest BCUT2D eigenvalue weighted by molar-refractivity contribution is 6.06. The van der Waals surface area contributed by atoms with Crippen molar-refractivity contribution >= 4 is 22.5 Å². The first kappa shape index (κ1) is 12.8. The Bertz CT molecular complexity index is 883. The van der Waals surface area contributed by atoms with E-state index in [4.69, 9.17) is 9.47 Å². The number of benzene rings is 2. The van der Waals surface area contributed by atoms with Gasteiger partial charge in [0.1, 0.15) is 5.69 Å². The molecule has 4 rings (SSSR count). The predicted molar refractivity (Wildman–Crippen MR) is 83.6 cm³/mol. The summed E-state index contributed by atoms with van der Waals surface area (Å²) in [4.78, 5) is 15.5. The van der Waals surface area contributed by atoms with E-state index >= 15 is 0 Å². The number of rotatable bonds is 2. The third kappa shape index (κ3) is 2.07. The molecular weight excluding hydrogens is 280 g/mol. The fourth-order valence-electron chi connectivity index (χ4n) is 2.60. The van der Waals surface area contributed by atoms with Gasteiger partial charge in [0, 0.05) is 22.7 Å².